The second-order valence-electron chi connectivity index (χ2n) is 4.77. The number of rotatable bonds is 1. The van der Waals surface area contributed by atoms with Gasteiger partial charge in [0.1, 0.15) is 10.5 Å². The molecule has 0 N–H and O–H groups in total. The van der Waals surface area contributed by atoms with Crippen molar-refractivity contribution in [3.63, 3.8) is 0 Å². The molecule has 0 fully saturated rings. The Labute approximate surface area is 113 Å². The molecule has 2 aromatic rings. The molecule has 4 heteroatoms. The molecule has 2 rings (SSSR count). The lowest BCUT2D eigenvalue weighted by atomic mass is 10.2. The molecule has 0 unspecified atom stereocenters. The lowest BCUT2D eigenvalue weighted by molar-refractivity contribution is 0.00753. The van der Waals surface area contributed by atoms with Gasteiger partial charge in [-0.1, -0.05) is 12.1 Å². The average Bonchev–Trinajstić information content (AvgIpc) is 2.60. The predicted molar refractivity (Wildman–Crippen MR) is 74.7 cm³/mol. The molecule has 1 aromatic heterocycles. The van der Waals surface area contributed by atoms with Crippen LogP contribution in [0.5, 0.6) is 0 Å². The van der Waals surface area contributed by atoms with E-state index in [-0.39, 0.29) is 5.97 Å². The molecule has 0 aliphatic rings. The molecule has 0 spiro atoms. The van der Waals surface area contributed by atoms with Gasteiger partial charge in [-0.2, -0.15) is 0 Å². The van der Waals surface area contributed by atoms with Crippen LogP contribution in [0.15, 0.2) is 28.7 Å². The first kappa shape index (κ1) is 12.6. The monoisotopic (exact) mass is 312 g/mol. The van der Waals surface area contributed by atoms with E-state index in [1.54, 1.807) is 0 Å². The summed E-state index contributed by atoms with van der Waals surface area (Å²) in [5, 5.41) is 1.06. The number of esters is 1. The van der Waals surface area contributed by atoms with Crippen molar-refractivity contribution in [2.75, 3.05) is 0 Å². The zero-order valence-corrected chi connectivity index (χ0v) is 12.3. The molecule has 0 amide bonds. The number of fused-ring (bicyclic) bond motifs is 1. The van der Waals surface area contributed by atoms with E-state index in [9.17, 15) is 4.79 Å². The highest BCUT2D eigenvalue weighted by Gasteiger charge is 2.20. The third-order valence-corrected chi connectivity index (χ3v) is 4.18. The minimum atomic E-state index is -0.454. The molecule has 2 nitrogen and oxygen atoms in total. The summed E-state index contributed by atoms with van der Waals surface area (Å²) in [6, 6.07) is 7.79. The van der Waals surface area contributed by atoms with Crippen molar-refractivity contribution < 1.29 is 9.53 Å². The Morgan fingerprint density at radius 2 is 2.06 bits per heavy atom. The normalized spacial score (nSPS) is 11.8. The van der Waals surface area contributed by atoms with E-state index in [1.807, 2.05) is 45.0 Å². The summed E-state index contributed by atoms with van der Waals surface area (Å²) in [4.78, 5) is 12.6. The van der Waals surface area contributed by atoms with Crippen molar-refractivity contribution in [2.24, 2.45) is 0 Å². The molecule has 0 radical (unpaired) electrons. The standard InChI is InChI=1S/C13H13BrO2S/c1-13(2,3)16-12(15)10-7-8-5-4-6-9(14)11(8)17-10/h4-7H,1-3H3. The summed E-state index contributed by atoms with van der Waals surface area (Å²) < 4.78 is 7.44. The van der Waals surface area contributed by atoms with Gasteiger partial charge in [-0.25, -0.2) is 4.79 Å². The van der Waals surface area contributed by atoms with Gasteiger partial charge in [0.15, 0.2) is 0 Å². The number of carbonyl (C=O) groups excluding carboxylic acids is 1. The predicted octanol–water partition coefficient (Wildman–Crippen LogP) is 4.62. The first-order valence-electron chi connectivity index (χ1n) is 5.28. The number of carbonyl (C=O) groups is 1. The highest BCUT2D eigenvalue weighted by Crippen LogP contribution is 2.32. The molecule has 0 bridgehead atoms. The maximum atomic E-state index is 11.9. The van der Waals surface area contributed by atoms with Crippen molar-refractivity contribution in [1.82, 2.24) is 0 Å². The van der Waals surface area contributed by atoms with Crippen molar-refractivity contribution in [3.8, 4) is 0 Å². The molecule has 0 aliphatic carbocycles. The highest BCUT2D eigenvalue weighted by atomic mass is 79.9. The van der Waals surface area contributed by atoms with Crippen LogP contribution < -0.4 is 0 Å². The molecule has 0 saturated carbocycles. The van der Waals surface area contributed by atoms with Gasteiger partial charge < -0.3 is 4.74 Å². The molecule has 17 heavy (non-hydrogen) atoms. The lowest BCUT2D eigenvalue weighted by Crippen LogP contribution is -2.23. The maximum absolute atomic E-state index is 11.9. The van der Waals surface area contributed by atoms with Gasteiger partial charge in [-0.15, -0.1) is 11.3 Å². The zero-order valence-electron chi connectivity index (χ0n) is 9.91. The van der Waals surface area contributed by atoms with Crippen LogP contribution in [-0.2, 0) is 4.74 Å². The lowest BCUT2D eigenvalue weighted by Gasteiger charge is -2.18. The van der Waals surface area contributed by atoms with Gasteiger partial charge >= 0.3 is 5.97 Å². The first-order chi connectivity index (χ1) is 7.87. The Balaban J connectivity index is 2.37. The number of benzene rings is 1. The average molecular weight is 313 g/mol. The number of ether oxygens (including phenoxy) is 1. The van der Waals surface area contributed by atoms with E-state index in [0.717, 1.165) is 14.6 Å². The van der Waals surface area contributed by atoms with E-state index < -0.39 is 5.60 Å². The number of halogens is 1. The Morgan fingerprint density at radius 1 is 1.35 bits per heavy atom. The number of hydrogen-bond donors (Lipinski definition) is 0. The van der Waals surface area contributed by atoms with Crippen LogP contribution in [-0.4, -0.2) is 11.6 Å². The zero-order chi connectivity index (χ0) is 12.6. The third-order valence-electron chi connectivity index (χ3n) is 2.10. The fraction of sp³-hybridized carbons (Fsp3) is 0.308. The Morgan fingerprint density at radius 3 is 2.65 bits per heavy atom. The molecule has 0 aliphatic heterocycles. The van der Waals surface area contributed by atoms with Gasteiger partial charge in [0, 0.05) is 9.17 Å². The van der Waals surface area contributed by atoms with Crippen molar-refractivity contribution >= 4 is 43.3 Å². The van der Waals surface area contributed by atoms with Crippen LogP contribution >= 0.6 is 27.3 Å². The molecular formula is C13H13BrO2S. The van der Waals surface area contributed by atoms with Crippen molar-refractivity contribution in [3.05, 3.63) is 33.6 Å². The fourth-order valence-corrected chi connectivity index (χ4v) is 3.02. The van der Waals surface area contributed by atoms with Crippen molar-refractivity contribution in [1.29, 1.82) is 0 Å². The van der Waals surface area contributed by atoms with E-state index in [1.165, 1.54) is 11.3 Å². The minimum absolute atomic E-state index is 0.259. The molecule has 0 atom stereocenters. The quantitative estimate of drug-likeness (QED) is 0.718. The molecule has 0 saturated heterocycles. The summed E-state index contributed by atoms with van der Waals surface area (Å²) >= 11 is 4.93. The van der Waals surface area contributed by atoms with E-state index in [2.05, 4.69) is 15.9 Å². The molecule has 1 heterocycles. The van der Waals surface area contributed by atoms with E-state index >= 15 is 0 Å². The molecule has 90 valence electrons. The largest absolute Gasteiger partial charge is 0.456 e. The second-order valence-corrected chi connectivity index (χ2v) is 6.68. The minimum Gasteiger partial charge on any atom is -0.456 e. The van der Waals surface area contributed by atoms with Gasteiger partial charge in [0.25, 0.3) is 0 Å². The number of hydrogen-bond acceptors (Lipinski definition) is 3. The SMILES string of the molecule is CC(C)(C)OC(=O)c1cc2cccc(Br)c2s1. The maximum Gasteiger partial charge on any atom is 0.348 e. The summed E-state index contributed by atoms with van der Waals surface area (Å²) in [5.41, 5.74) is -0.454. The van der Waals surface area contributed by atoms with E-state index in [0.29, 0.717) is 4.88 Å². The van der Waals surface area contributed by atoms with Gasteiger partial charge in [-0.05, 0) is 54.2 Å². The van der Waals surface area contributed by atoms with Crippen LogP contribution in [0.1, 0.15) is 30.4 Å². The molecule has 1 aromatic carbocycles. The number of thiophene rings is 1. The molecular weight excluding hydrogens is 300 g/mol. The van der Waals surface area contributed by atoms with Crippen LogP contribution in [0.4, 0.5) is 0 Å². The van der Waals surface area contributed by atoms with Gasteiger partial charge in [0.05, 0.1) is 0 Å². The van der Waals surface area contributed by atoms with E-state index in [4.69, 9.17) is 4.74 Å². The third kappa shape index (κ3) is 2.87. The second kappa shape index (κ2) is 4.42. The van der Waals surface area contributed by atoms with Crippen molar-refractivity contribution in [2.45, 2.75) is 26.4 Å². The Bertz CT molecular complexity index is 566. The summed E-state index contributed by atoms with van der Waals surface area (Å²) in [6.07, 6.45) is 0. The smallest absolute Gasteiger partial charge is 0.348 e. The topological polar surface area (TPSA) is 26.3 Å². The summed E-state index contributed by atoms with van der Waals surface area (Å²) in [7, 11) is 0. The van der Waals surface area contributed by atoms with Gasteiger partial charge in [0.2, 0.25) is 0 Å². The Kier molecular flexibility index (Phi) is 3.27. The van der Waals surface area contributed by atoms with Crippen LogP contribution in [0.3, 0.4) is 0 Å². The first-order valence-corrected chi connectivity index (χ1v) is 6.89. The summed E-state index contributed by atoms with van der Waals surface area (Å²) in [6.45, 7) is 5.61. The van der Waals surface area contributed by atoms with Crippen LogP contribution in [0.25, 0.3) is 10.1 Å². The van der Waals surface area contributed by atoms with Crippen LogP contribution in [0, 0.1) is 0 Å². The summed E-state index contributed by atoms with van der Waals surface area (Å²) in [5.74, 6) is -0.259. The Hall–Kier alpha value is -0.870. The highest BCUT2D eigenvalue weighted by molar-refractivity contribution is 9.10. The fourth-order valence-electron chi connectivity index (χ4n) is 1.46. The van der Waals surface area contributed by atoms with Gasteiger partial charge in [-0.3, -0.25) is 0 Å². The van der Waals surface area contributed by atoms with Crippen LogP contribution in [0.2, 0.25) is 0 Å².